The molecule has 2 saturated heterocycles. The van der Waals surface area contributed by atoms with E-state index in [0.29, 0.717) is 44.8 Å². The fourth-order valence-electron chi connectivity index (χ4n) is 6.79. The van der Waals surface area contributed by atoms with Gasteiger partial charge >= 0.3 is 0 Å². The zero-order valence-electron chi connectivity index (χ0n) is 34.9. The number of fused-ring (bicyclic) bond motifs is 1. The quantitative estimate of drug-likeness (QED) is 0.188. The zero-order valence-corrected chi connectivity index (χ0v) is 35.7. The fourth-order valence-corrected chi connectivity index (χ4v) is 8.15. The van der Waals surface area contributed by atoms with Crippen molar-refractivity contribution in [1.82, 2.24) is 14.5 Å². The number of ether oxygens (including phenoxy) is 2. The van der Waals surface area contributed by atoms with Gasteiger partial charge in [-0.25, -0.2) is 12.8 Å². The number of carboxylic acid groups (broad SMARTS) is 1. The summed E-state index contributed by atoms with van der Waals surface area (Å²) in [6.45, 7) is 15.3. The summed E-state index contributed by atoms with van der Waals surface area (Å²) < 4.78 is 48.8. The van der Waals surface area contributed by atoms with Crippen LogP contribution in [0.25, 0.3) is 0 Å². The van der Waals surface area contributed by atoms with Crippen molar-refractivity contribution in [2.45, 2.75) is 111 Å². The average molecular weight is 834 g/mol. The maximum absolute atomic E-state index is 13.0. The number of anilines is 1. The summed E-state index contributed by atoms with van der Waals surface area (Å²) in [7, 11) is -1.32. The molecule has 0 aromatic heterocycles. The number of nitrogen functional groups attached to an aromatic ring is 1. The number of benzene rings is 2. The molecule has 0 spiro atoms. The van der Waals surface area contributed by atoms with Gasteiger partial charge in [-0.2, -0.15) is 0 Å². The van der Waals surface area contributed by atoms with E-state index in [4.69, 9.17) is 30.8 Å². The van der Waals surface area contributed by atoms with Gasteiger partial charge in [-0.1, -0.05) is 65.3 Å². The Balaban J connectivity index is 0.000000203. The number of nitrogens with zero attached hydrogens (tertiary/aromatic N) is 2. The standard InChI is InChI=1S/C12H17NO2.C11H20N2O2.C9H10FN.C9H15NO3S.CH2O2/c1-12(8-15-9-12)7-14-6-10-3-2-4-11(13)5-10;1-11(2,3)7-9(14)13-6-4-5-8(13)10(12)15;1-11-5-7-3-2-4-9(10)8(7)6-11;1-2-6-5-8(6)9(11)10-14(12,13)7-3-4-7;2-1-3/h2-5H,6-9,13H2,1H3;8H,4-7H2,1-3H3,(H2,12,15);2-4H,5-6H2,1H3;6-8H,2-5H2,1H3,(H,10,11);1H,(H,2,3). The van der Waals surface area contributed by atoms with Crippen LogP contribution in [0.5, 0.6) is 0 Å². The van der Waals surface area contributed by atoms with Gasteiger partial charge in [-0.05, 0) is 79.8 Å². The fraction of sp³-hybridized carbons (Fsp3) is 0.619. The minimum atomic E-state index is -3.32. The van der Waals surface area contributed by atoms with Gasteiger partial charge in [0, 0.05) is 48.6 Å². The number of halogens is 1. The number of likely N-dealkylation sites (tertiary alicyclic amines) is 1. The lowest BCUT2D eigenvalue weighted by atomic mass is 9.90. The Morgan fingerprint density at radius 2 is 1.76 bits per heavy atom. The molecule has 3 amide bonds. The van der Waals surface area contributed by atoms with E-state index in [1.54, 1.807) is 11.0 Å². The first-order valence-corrected chi connectivity index (χ1v) is 21.4. The number of nitrogens with two attached hydrogens (primary N) is 2. The predicted molar refractivity (Wildman–Crippen MR) is 220 cm³/mol. The molecular formula is C42H64FN5O9S. The Morgan fingerprint density at radius 1 is 1.10 bits per heavy atom. The summed E-state index contributed by atoms with van der Waals surface area (Å²) >= 11 is 0. The number of sulfonamides is 1. The number of carbonyl (C=O) groups is 4. The predicted octanol–water partition coefficient (Wildman–Crippen LogP) is 4.83. The Bertz CT molecular complexity index is 1800. The summed E-state index contributed by atoms with van der Waals surface area (Å²) in [5, 5.41) is 6.59. The third-order valence-electron chi connectivity index (χ3n) is 10.2. The maximum Gasteiger partial charge on any atom is 0.290 e. The van der Waals surface area contributed by atoms with Gasteiger partial charge in [0.1, 0.15) is 11.9 Å². The molecule has 58 heavy (non-hydrogen) atoms. The molecule has 4 fully saturated rings. The van der Waals surface area contributed by atoms with Gasteiger partial charge in [0.15, 0.2) is 0 Å². The maximum atomic E-state index is 13.0. The van der Waals surface area contributed by atoms with Crippen molar-refractivity contribution in [2.75, 3.05) is 39.1 Å². The van der Waals surface area contributed by atoms with Crippen molar-refractivity contribution in [3.05, 3.63) is 65.0 Å². The van der Waals surface area contributed by atoms with Crippen LogP contribution in [0.15, 0.2) is 42.5 Å². The Labute approximate surface area is 343 Å². The second kappa shape index (κ2) is 21.8. The normalized spacial score (nSPS) is 21.4. The lowest BCUT2D eigenvalue weighted by Gasteiger charge is -2.37. The molecule has 3 heterocycles. The van der Waals surface area contributed by atoms with E-state index in [1.165, 1.54) is 6.07 Å². The third-order valence-corrected chi connectivity index (χ3v) is 12.1. The van der Waals surface area contributed by atoms with E-state index in [1.807, 2.05) is 65.1 Å². The van der Waals surface area contributed by atoms with Gasteiger partial charge in [-0.15, -0.1) is 0 Å². The zero-order chi connectivity index (χ0) is 43.3. The van der Waals surface area contributed by atoms with Gasteiger partial charge < -0.3 is 30.9 Å². The highest BCUT2D eigenvalue weighted by molar-refractivity contribution is 7.90. The van der Waals surface area contributed by atoms with Gasteiger partial charge in [0.05, 0.1) is 31.7 Å². The summed E-state index contributed by atoms with van der Waals surface area (Å²) in [5.41, 5.74) is 15.0. The van der Waals surface area contributed by atoms with Crippen molar-refractivity contribution in [3.8, 4) is 0 Å². The average Bonchev–Trinajstić information content (AvgIpc) is 4.04. The monoisotopic (exact) mass is 833 g/mol. The number of primary amides is 1. The van der Waals surface area contributed by atoms with Crippen LogP contribution < -0.4 is 16.2 Å². The minimum absolute atomic E-state index is 0.0398. The lowest BCUT2D eigenvalue weighted by molar-refractivity contribution is -0.140. The summed E-state index contributed by atoms with van der Waals surface area (Å²) in [5.74, 6) is -0.327. The molecule has 6 N–H and O–H groups in total. The lowest BCUT2D eigenvalue weighted by Crippen LogP contribution is -2.44. The van der Waals surface area contributed by atoms with Gasteiger partial charge in [-0.3, -0.25) is 28.8 Å². The van der Waals surface area contributed by atoms with Gasteiger partial charge in [0.2, 0.25) is 27.7 Å². The van der Waals surface area contributed by atoms with Crippen molar-refractivity contribution < 1.29 is 46.6 Å². The van der Waals surface area contributed by atoms with Crippen LogP contribution in [0, 0.1) is 28.5 Å². The van der Waals surface area contributed by atoms with Gasteiger partial charge in [0.25, 0.3) is 6.47 Å². The second-order valence-corrected chi connectivity index (χ2v) is 19.3. The largest absolute Gasteiger partial charge is 0.483 e. The molecule has 2 aromatic carbocycles. The minimum Gasteiger partial charge on any atom is -0.483 e. The molecule has 324 valence electrons. The Hall–Kier alpha value is -4.12. The van der Waals surface area contributed by atoms with E-state index in [0.717, 1.165) is 74.6 Å². The van der Waals surface area contributed by atoms with E-state index in [9.17, 15) is 27.2 Å². The topological polar surface area (TPSA) is 212 Å². The van der Waals surface area contributed by atoms with E-state index in [-0.39, 0.29) is 58.1 Å². The van der Waals surface area contributed by atoms with Crippen LogP contribution in [0.3, 0.4) is 0 Å². The number of nitrogens with one attached hydrogen (secondary N) is 1. The molecule has 3 unspecified atom stereocenters. The molecule has 0 radical (unpaired) electrons. The van der Waals surface area contributed by atoms with Crippen LogP contribution in [0.1, 0.15) is 96.3 Å². The van der Waals surface area contributed by atoms with Crippen molar-refractivity contribution in [1.29, 1.82) is 0 Å². The number of rotatable bonds is 10. The van der Waals surface area contributed by atoms with Crippen LogP contribution in [-0.2, 0) is 58.4 Å². The molecule has 2 saturated carbocycles. The van der Waals surface area contributed by atoms with Crippen LogP contribution >= 0.6 is 0 Å². The van der Waals surface area contributed by atoms with Crippen LogP contribution in [0.4, 0.5) is 10.1 Å². The highest BCUT2D eigenvalue weighted by Gasteiger charge is 2.45. The van der Waals surface area contributed by atoms with Crippen molar-refractivity contribution in [2.24, 2.45) is 28.4 Å². The summed E-state index contributed by atoms with van der Waals surface area (Å²) in [6, 6.07) is 12.7. The number of hydrogen-bond donors (Lipinski definition) is 4. The van der Waals surface area contributed by atoms with E-state index >= 15 is 0 Å². The smallest absolute Gasteiger partial charge is 0.290 e. The third kappa shape index (κ3) is 15.9. The molecule has 0 bridgehead atoms. The summed E-state index contributed by atoms with van der Waals surface area (Å²) in [4.78, 5) is 46.5. The number of amides is 3. The summed E-state index contributed by atoms with van der Waals surface area (Å²) in [6.07, 6.45) is 5.27. The molecule has 3 aliphatic heterocycles. The molecule has 7 rings (SSSR count). The second-order valence-electron chi connectivity index (χ2n) is 17.3. The highest BCUT2D eigenvalue weighted by atomic mass is 32.2. The molecule has 14 nitrogen and oxygen atoms in total. The van der Waals surface area contributed by atoms with Crippen LogP contribution in [0.2, 0.25) is 0 Å². The molecule has 16 heteroatoms. The molecule has 5 aliphatic rings. The number of carbonyl (C=O) groups excluding carboxylic acids is 3. The molecular weight excluding hydrogens is 770 g/mol. The van der Waals surface area contributed by atoms with Crippen LogP contribution in [-0.4, -0.2) is 92.2 Å². The first kappa shape index (κ1) is 48.3. The Morgan fingerprint density at radius 3 is 2.28 bits per heavy atom. The SMILES string of the molecule is CC(C)(C)CC(=O)N1CCCC1C(N)=O.CC1(COCc2cccc(N)c2)COC1.CCC1CC1C(=O)NS(=O)(=O)C1CC1.CN1Cc2cccc(F)c2C1.O=CO. The Kier molecular flexibility index (Phi) is 18.1. The molecule has 2 aliphatic carbocycles. The highest BCUT2D eigenvalue weighted by Crippen LogP contribution is 2.41. The molecule has 2 aromatic rings. The first-order valence-electron chi connectivity index (χ1n) is 19.9. The molecule has 3 atom stereocenters. The van der Waals surface area contributed by atoms with Crippen molar-refractivity contribution in [3.63, 3.8) is 0 Å². The van der Waals surface area contributed by atoms with Crippen molar-refractivity contribution >= 4 is 39.9 Å². The van der Waals surface area contributed by atoms with E-state index in [2.05, 4.69) is 16.5 Å². The number of hydrogen-bond acceptors (Lipinski definition) is 10. The first-order chi connectivity index (χ1) is 27.2. The van der Waals surface area contributed by atoms with E-state index < -0.39 is 10.0 Å².